The maximum atomic E-state index is 9.93. The van der Waals surface area contributed by atoms with E-state index in [9.17, 15) is 5.11 Å². The fraction of sp³-hybridized carbons (Fsp3) is 0. The predicted molar refractivity (Wildman–Crippen MR) is 71.1 cm³/mol. The summed E-state index contributed by atoms with van der Waals surface area (Å²) in [4.78, 5) is 0. The van der Waals surface area contributed by atoms with Crippen LogP contribution in [0.2, 0.25) is 0 Å². The molecule has 0 bridgehead atoms. The van der Waals surface area contributed by atoms with E-state index in [1.165, 1.54) is 0 Å². The number of ether oxygens (including phenoxy) is 1. The third kappa shape index (κ3) is 1.12. The van der Waals surface area contributed by atoms with Gasteiger partial charge >= 0.3 is 0 Å². The Morgan fingerprint density at radius 2 is 1.56 bits per heavy atom. The smallest absolute Gasteiger partial charge is 0.136 e. The molecule has 0 spiro atoms. The van der Waals surface area contributed by atoms with Crippen LogP contribution in [0.4, 0.5) is 0 Å². The summed E-state index contributed by atoms with van der Waals surface area (Å²) in [6.45, 7) is 0. The van der Waals surface area contributed by atoms with Crippen LogP contribution in [0.1, 0.15) is 0 Å². The summed E-state index contributed by atoms with van der Waals surface area (Å²) in [6.07, 6.45) is 0. The number of fused-ring (bicyclic) bond motifs is 2. The maximum Gasteiger partial charge on any atom is 0.136 e. The fourth-order valence-electron chi connectivity index (χ4n) is 2.56. The van der Waals surface area contributed by atoms with Crippen molar-refractivity contribution in [3.63, 3.8) is 0 Å². The van der Waals surface area contributed by atoms with Crippen molar-refractivity contribution >= 4 is 10.8 Å². The topological polar surface area (TPSA) is 29.5 Å². The molecule has 86 valence electrons. The zero-order chi connectivity index (χ0) is 12.1. The number of aromatic hydroxyl groups is 1. The Balaban J connectivity index is 2.22. The number of hydrogen-bond acceptors (Lipinski definition) is 2. The van der Waals surface area contributed by atoms with Gasteiger partial charge in [0.15, 0.2) is 0 Å². The average Bonchev–Trinajstić information content (AvgIpc) is 2.42. The first kappa shape index (κ1) is 9.54. The van der Waals surface area contributed by atoms with Crippen molar-refractivity contribution in [2.45, 2.75) is 0 Å². The molecule has 0 aliphatic carbocycles. The van der Waals surface area contributed by atoms with Gasteiger partial charge in [0.25, 0.3) is 0 Å². The molecule has 0 atom stereocenters. The van der Waals surface area contributed by atoms with Gasteiger partial charge < -0.3 is 9.84 Å². The van der Waals surface area contributed by atoms with Gasteiger partial charge in [0.1, 0.15) is 17.2 Å². The van der Waals surface area contributed by atoms with Crippen LogP contribution >= 0.6 is 0 Å². The third-order valence-corrected chi connectivity index (χ3v) is 3.38. The Kier molecular flexibility index (Phi) is 1.73. The molecule has 0 saturated carbocycles. The van der Waals surface area contributed by atoms with Gasteiger partial charge in [-0.3, -0.25) is 0 Å². The molecule has 1 heterocycles. The van der Waals surface area contributed by atoms with Crippen molar-refractivity contribution in [2.75, 3.05) is 0 Å². The van der Waals surface area contributed by atoms with Gasteiger partial charge in [-0.1, -0.05) is 30.3 Å². The molecule has 1 aliphatic heterocycles. The van der Waals surface area contributed by atoms with Crippen LogP contribution in [0.25, 0.3) is 21.9 Å². The average molecular weight is 234 g/mol. The second-order valence-corrected chi connectivity index (χ2v) is 4.41. The van der Waals surface area contributed by atoms with Crippen LogP contribution in [-0.2, 0) is 0 Å². The fourth-order valence-corrected chi connectivity index (χ4v) is 2.56. The molecule has 2 heteroatoms. The number of rotatable bonds is 0. The molecule has 1 N–H and O–H groups in total. The summed E-state index contributed by atoms with van der Waals surface area (Å²) >= 11 is 0. The molecular formula is C16H10O2. The zero-order valence-corrected chi connectivity index (χ0v) is 9.55. The molecule has 0 saturated heterocycles. The summed E-state index contributed by atoms with van der Waals surface area (Å²) in [7, 11) is 0. The standard InChI is InChI=1S/C16H10O2/c17-13-9-8-11-10-4-1-2-6-14(10)18-15-7-3-5-12(13)16(11)15/h1-9,17H. The lowest BCUT2D eigenvalue weighted by Gasteiger charge is -2.21. The van der Waals surface area contributed by atoms with Gasteiger partial charge in [-0.2, -0.15) is 0 Å². The van der Waals surface area contributed by atoms with Gasteiger partial charge in [-0.15, -0.1) is 0 Å². The van der Waals surface area contributed by atoms with E-state index in [4.69, 9.17) is 4.74 Å². The Morgan fingerprint density at radius 3 is 2.50 bits per heavy atom. The monoisotopic (exact) mass is 234 g/mol. The molecule has 0 unspecified atom stereocenters. The Bertz CT molecular complexity index is 775. The first-order chi connectivity index (χ1) is 8.84. The minimum absolute atomic E-state index is 0.290. The molecular weight excluding hydrogens is 224 g/mol. The van der Waals surface area contributed by atoms with Gasteiger partial charge in [0.2, 0.25) is 0 Å². The van der Waals surface area contributed by atoms with Crippen LogP contribution in [0, 0.1) is 0 Å². The summed E-state index contributed by atoms with van der Waals surface area (Å²) in [5.41, 5.74) is 2.18. The van der Waals surface area contributed by atoms with E-state index in [0.29, 0.717) is 5.75 Å². The highest BCUT2D eigenvalue weighted by Gasteiger charge is 2.20. The molecule has 0 radical (unpaired) electrons. The minimum atomic E-state index is 0.290. The molecule has 3 aromatic rings. The summed E-state index contributed by atoms with van der Waals surface area (Å²) in [5, 5.41) is 11.7. The van der Waals surface area contributed by atoms with Gasteiger partial charge in [-0.05, 0) is 29.8 Å². The molecule has 2 nitrogen and oxygen atoms in total. The molecule has 18 heavy (non-hydrogen) atoms. The van der Waals surface area contributed by atoms with Gasteiger partial charge in [0.05, 0.1) is 0 Å². The quantitative estimate of drug-likeness (QED) is 0.491. The first-order valence-corrected chi connectivity index (χ1v) is 5.86. The highest BCUT2D eigenvalue weighted by Crippen LogP contribution is 2.47. The lowest BCUT2D eigenvalue weighted by atomic mass is 9.94. The lowest BCUT2D eigenvalue weighted by molar-refractivity contribution is 0.477. The summed E-state index contributed by atoms with van der Waals surface area (Å²) in [5.74, 6) is 1.96. The van der Waals surface area contributed by atoms with Gasteiger partial charge in [0, 0.05) is 16.3 Å². The van der Waals surface area contributed by atoms with Gasteiger partial charge in [-0.25, -0.2) is 0 Å². The minimum Gasteiger partial charge on any atom is -0.507 e. The normalized spacial score (nSPS) is 12.0. The van der Waals surface area contributed by atoms with Crippen LogP contribution < -0.4 is 4.74 Å². The largest absolute Gasteiger partial charge is 0.507 e. The highest BCUT2D eigenvalue weighted by atomic mass is 16.5. The number of benzene rings is 3. The molecule has 4 rings (SSSR count). The molecule has 0 fully saturated rings. The molecule has 0 amide bonds. The lowest BCUT2D eigenvalue weighted by Crippen LogP contribution is -1.96. The Labute approximate surface area is 104 Å². The predicted octanol–water partition coefficient (Wildman–Crippen LogP) is 4.32. The summed E-state index contributed by atoms with van der Waals surface area (Å²) < 4.78 is 5.89. The molecule has 1 aliphatic rings. The van der Waals surface area contributed by atoms with E-state index in [0.717, 1.165) is 33.4 Å². The number of phenolic OH excluding ortho intramolecular Hbond substituents is 1. The number of para-hydroxylation sites is 1. The van der Waals surface area contributed by atoms with E-state index in [2.05, 4.69) is 0 Å². The van der Waals surface area contributed by atoms with Crippen molar-refractivity contribution in [3.8, 4) is 28.4 Å². The zero-order valence-electron chi connectivity index (χ0n) is 9.55. The maximum absolute atomic E-state index is 9.93. The number of phenols is 1. The van der Waals surface area contributed by atoms with Crippen molar-refractivity contribution < 1.29 is 9.84 Å². The van der Waals surface area contributed by atoms with Crippen molar-refractivity contribution in [2.24, 2.45) is 0 Å². The number of hydrogen-bond donors (Lipinski definition) is 1. The van der Waals surface area contributed by atoms with Crippen LogP contribution in [0.3, 0.4) is 0 Å². The van der Waals surface area contributed by atoms with Crippen molar-refractivity contribution in [1.29, 1.82) is 0 Å². The first-order valence-electron chi connectivity index (χ1n) is 5.86. The Morgan fingerprint density at radius 1 is 0.722 bits per heavy atom. The van der Waals surface area contributed by atoms with E-state index in [-0.39, 0.29) is 0 Å². The second kappa shape index (κ2) is 3.26. The third-order valence-electron chi connectivity index (χ3n) is 3.38. The van der Waals surface area contributed by atoms with Crippen molar-refractivity contribution in [3.05, 3.63) is 54.6 Å². The van der Waals surface area contributed by atoms with E-state index in [1.807, 2.05) is 48.5 Å². The van der Waals surface area contributed by atoms with Crippen LogP contribution in [-0.4, -0.2) is 5.11 Å². The van der Waals surface area contributed by atoms with Crippen molar-refractivity contribution in [1.82, 2.24) is 0 Å². The highest BCUT2D eigenvalue weighted by molar-refractivity contribution is 6.06. The molecule has 0 aromatic heterocycles. The summed E-state index contributed by atoms with van der Waals surface area (Å²) in [6, 6.07) is 17.4. The van der Waals surface area contributed by atoms with Crippen LogP contribution in [0.5, 0.6) is 17.2 Å². The Hall–Kier alpha value is -2.48. The SMILES string of the molecule is Oc1ccc2c3c(cccc13)Oc1ccccc1-2. The van der Waals surface area contributed by atoms with E-state index in [1.54, 1.807) is 6.07 Å². The molecule has 3 aromatic carbocycles. The van der Waals surface area contributed by atoms with E-state index < -0.39 is 0 Å². The van der Waals surface area contributed by atoms with E-state index >= 15 is 0 Å². The van der Waals surface area contributed by atoms with Crippen LogP contribution in [0.15, 0.2) is 54.6 Å². The second-order valence-electron chi connectivity index (χ2n) is 4.41.